The van der Waals surface area contributed by atoms with Crippen LogP contribution in [-0.2, 0) is 6.54 Å². The molecule has 0 unspecified atom stereocenters. The van der Waals surface area contributed by atoms with Crippen molar-refractivity contribution in [3.05, 3.63) is 34.0 Å². The maximum absolute atomic E-state index is 5.91. The third kappa shape index (κ3) is 2.02. The van der Waals surface area contributed by atoms with E-state index in [1.165, 1.54) is 11.3 Å². The van der Waals surface area contributed by atoms with Gasteiger partial charge in [-0.2, -0.15) is 0 Å². The summed E-state index contributed by atoms with van der Waals surface area (Å²) in [7, 11) is 0. The zero-order valence-corrected chi connectivity index (χ0v) is 8.32. The van der Waals surface area contributed by atoms with Gasteiger partial charge in [-0.3, -0.25) is 0 Å². The van der Waals surface area contributed by atoms with E-state index in [-0.39, 0.29) is 0 Å². The van der Waals surface area contributed by atoms with Gasteiger partial charge in [-0.1, -0.05) is 11.6 Å². The maximum Gasteiger partial charge on any atom is 0.116 e. The number of hydrogen-bond acceptors (Lipinski definition) is 3. The van der Waals surface area contributed by atoms with Crippen LogP contribution in [0.3, 0.4) is 0 Å². The molecule has 0 atom stereocenters. The Morgan fingerprint density at radius 2 is 2.54 bits per heavy atom. The number of H-pyrrole nitrogens is 1. The third-order valence-corrected chi connectivity index (χ3v) is 2.81. The van der Waals surface area contributed by atoms with Crippen LogP contribution in [0.25, 0.3) is 0 Å². The fraction of sp³-hybridized carbons (Fsp3) is 0.125. The predicted molar refractivity (Wildman–Crippen MR) is 55.2 cm³/mol. The summed E-state index contributed by atoms with van der Waals surface area (Å²) in [4.78, 5) is 6.92. The van der Waals surface area contributed by atoms with Gasteiger partial charge in [0.15, 0.2) is 0 Å². The Hall–Kier alpha value is -1.00. The Bertz CT molecular complexity index is 368. The minimum atomic E-state index is 0.719. The number of nitrogens with one attached hydrogen (secondary N) is 2. The molecule has 2 rings (SSSR count). The summed E-state index contributed by atoms with van der Waals surface area (Å²) >= 11 is 7.43. The second-order valence-corrected chi connectivity index (χ2v) is 4.06. The molecule has 68 valence electrons. The zero-order valence-electron chi connectivity index (χ0n) is 6.75. The van der Waals surface area contributed by atoms with E-state index in [9.17, 15) is 0 Å². The average molecular weight is 214 g/mol. The third-order valence-electron chi connectivity index (χ3n) is 1.64. The number of aromatic amines is 1. The van der Waals surface area contributed by atoms with Crippen molar-refractivity contribution in [2.24, 2.45) is 0 Å². The first kappa shape index (κ1) is 8.59. The first-order chi connectivity index (χ1) is 6.36. The Morgan fingerprint density at radius 1 is 1.62 bits per heavy atom. The van der Waals surface area contributed by atoms with Crippen molar-refractivity contribution >= 4 is 28.6 Å². The quantitative estimate of drug-likeness (QED) is 0.823. The van der Waals surface area contributed by atoms with Crippen LogP contribution in [0.5, 0.6) is 0 Å². The molecule has 0 saturated carbocycles. The highest BCUT2D eigenvalue weighted by Crippen LogP contribution is 2.27. The Labute approximate surface area is 84.8 Å². The predicted octanol–water partition coefficient (Wildman–Crippen LogP) is 2.74. The van der Waals surface area contributed by atoms with Crippen molar-refractivity contribution in [3.63, 3.8) is 0 Å². The van der Waals surface area contributed by atoms with Crippen molar-refractivity contribution < 1.29 is 0 Å². The molecule has 2 heterocycles. The highest BCUT2D eigenvalue weighted by atomic mass is 35.5. The number of aromatic nitrogens is 2. The highest BCUT2D eigenvalue weighted by Gasteiger charge is 2.00. The number of rotatable bonds is 3. The summed E-state index contributed by atoms with van der Waals surface area (Å²) in [6.45, 7) is 0.719. The molecule has 5 heteroatoms. The number of imidazole rings is 1. The van der Waals surface area contributed by atoms with Crippen LogP contribution in [0.15, 0.2) is 24.0 Å². The molecule has 0 spiro atoms. The molecule has 2 aromatic rings. The Kier molecular flexibility index (Phi) is 2.52. The average Bonchev–Trinajstić information content (AvgIpc) is 2.72. The second kappa shape index (κ2) is 3.81. The van der Waals surface area contributed by atoms with Gasteiger partial charge in [0.1, 0.15) is 4.34 Å². The lowest BCUT2D eigenvalue weighted by atomic mass is 10.4. The van der Waals surface area contributed by atoms with E-state index >= 15 is 0 Å². The standard InChI is InChI=1S/C8H8ClN3S/c9-8-7(1-2-13-8)11-4-6-3-10-5-12-6/h1-3,5,11H,4H2,(H,10,12). The van der Waals surface area contributed by atoms with E-state index in [2.05, 4.69) is 15.3 Å². The number of anilines is 1. The monoisotopic (exact) mass is 213 g/mol. The molecule has 0 aliphatic rings. The lowest BCUT2D eigenvalue weighted by molar-refractivity contribution is 1.08. The SMILES string of the molecule is Clc1sccc1NCc1cnc[nH]1. The minimum Gasteiger partial charge on any atom is -0.378 e. The van der Waals surface area contributed by atoms with E-state index in [1.807, 2.05) is 11.4 Å². The maximum atomic E-state index is 5.91. The molecular weight excluding hydrogens is 206 g/mol. The summed E-state index contributed by atoms with van der Waals surface area (Å²) in [5, 5.41) is 5.16. The van der Waals surface area contributed by atoms with E-state index in [1.54, 1.807) is 12.5 Å². The lowest BCUT2D eigenvalue weighted by Crippen LogP contribution is -1.98. The van der Waals surface area contributed by atoms with Gasteiger partial charge in [0.25, 0.3) is 0 Å². The second-order valence-electron chi connectivity index (χ2n) is 2.54. The van der Waals surface area contributed by atoms with Gasteiger partial charge in [-0.15, -0.1) is 11.3 Å². The van der Waals surface area contributed by atoms with Gasteiger partial charge in [0, 0.05) is 6.20 Å². The van der Waals surface area contributed by atoms with Gasteiger partial charge >= 0.3 is 0 Å². The summed E-state index contributed by atoms with van der Waals surface area (Å²) in [5.41, 5.74) is 2.02. The minimum absolute atomic E-state index is 0.719. The van der Waals surface area contributed by atoms with Crippen LogP contribution < -0.4 is 5.32 Å². The number of nitrogens with zero attached hydrogens (tertiary/aromatic N) is 1. The van der Waals surface area contributed by atoms with E-state index < -0.39 is 0 Å². The molecule has 0 saturated heterocycles. The van der Waals surface area contributed by atoms with Crippen LogP contribution in [0.1, 0.15) is 5.69 Å². The molecule has 13 heavy (non-hydrogen) atoms. The first-order valence-electron chi connectivity index (χ1n) is 3.80. The topological polar surface area (TPSA) is 40.7 Å². The molecular formula is C8H8ClN3S. The lowest BCUT2D eigenvalue weighted by Gasteiger charge is -2.01. The molecule has 0 fully saturated rings. The molecule has 0 amide bonds. The number of halogens is 1. The Morgan fingerprint density at radius 3 is 3.15 bits per heavy atom. The van der Waals surface area contributed by atoms with Crippen LogP contribution >= 0.6 is 22.9 Å². The smallest absolute Gasteiger partial charge is 0.116 e. The number of hydrogen-bond donors (Lipinski definition) is 2. The molecule has 0 aliphatic heterocycles. The van der Waals surface area contributed by atoms with Crippen molar-refractivity contribution in [2.75, 3.05) is 5.32 Å². The zero-order chi connectivity index (χ0) is 9.10. The molecule has 0 radical (unpaired) electrons. The normalized spacial score (nSPS) is 10.2. The van der Waals surface area contributed by atoms with Crippen LogP contribution in [0.2, 0.25) is 4.34 Å². The Balaban J connectivity index is 1.97. The van der Waals surface area contributed by atoms with Crippen molar-refractivity contribution in [1.82, 2.24) is 9.97 Å². The van der Waals surface area contributed by atoms with Crippen molar-refractivity contribution in [3.8, 4) is 0 Å². The fourth-order valence-electron chi connectivity index (χ4n) is 0.991. The van der Waals surface area contributed by atoms with Gasteiger partial charge < -0.3 is 10.3 Å². The molecule has 0 bridgehead atoms. The van der Waals surface area contributed by atoms with Gasteiger partial charge in [-0.25, -0.2) is 4.98 Å². The molecule has 3 nitrogen and oxygen atoms in total. The largest absolute Gasteiger partial charge is 0.378 e. The summed E-state index contributed by atoms with van der Waals surface area (Å²) in [5.74, 6) is 0. The first-order valence-corrected chi connectivity index (χ1v) is 5.06. The van der Waals surface area contributed by atoms with Crippen molar-refractivity contribution in [1.29, 1.82) is 0 Å². The molecule has 0 aliphatic carbocycles. The van der Waals surface area contributed by atoms with Crippen LogP contribution in [0, 0.1) is 0 Å². The van der Waals surface area contributed by atoms with Crippen LogP contribution in [0.4, 0.5) is 5.69 Å². The summed E-state index contributed by atoms with van der Waals surface area (Å²) in [6, 6.07) is 1.96. The summed E-state index contributed by atoms with van der Waals surface area (Å²) in [6.07, 6.45) is 3.44. The van der Waals surface area contributed by atoms with E-state index in [0.29, 0.717) is 0 Å². The molecule has 2 aromatic heterocycles. The molecule has 0 aromatic carbocycles. The van der Waals surface area contributed by atoms with Gasteiger partial charge in [0.05, 0.1) is 24.3 Å². The van der Waals surface area contributed by atoms with Crippen LogP contribution in [-0.4, -0.2) is 9.97 Å². The highest BCUT2D eigenvalue weighted by molar-refractivity contribution is 7.15. The van der Waals surface area contributed by atoms with Gasteiger partial charge in [-0.05, 0) is 11.4 Å². The fourth-order valence-corrected chi connectivity index (χ4v) is 1.87. The van der Waals surface area contributed by atoms with Gasteiger partial charge in [0.2, 0.25) is 0 Å². The van der Waals surface area contributed by atoms with E-state index in [4.69, 9.17) is 11.6 Å². The number of thiophene rings is 1. The molecule has 2 N–H and O–H groups in total. The summed E-state index contributed by atoms with van der Waals surface area (Å²) < 4.78 is 0.791. The van der Waals surface area contributed by atoms with Crippen molar-refractivity contribution in [2.45, 2.75) is 6.54 Å². The van der Waals surface area contributed by atoms with E-state index in [0.717, 1.165) is 22.3 Å².